The standard InChI is InChI=1S/C18H21N3O3/c1-19(2)18(22)21-10-4-9-20-8-3-5-14(20)17(21)13-6-7-15-16(11-13)24-12-23-15/h3,5-8,11,17H,4,9-10,12H2,1-2H3. The van der Waals surface area contributed by atoms with Gasteiger partial charge in [0.1, 0.15) is 0 Å². The highest BCUT2D eigenvalue weighted by molar-refractivity contribution is 5.75. The molecule has 0 bridgehead atoms. The first-order valence-electron chi connectivity index (χ1n) is 8.17. The summed E-state index contributed by atoms with van der Waals surface area (Å²) >= 11 is 0. The zero-order chi connectivity index (χ0) is 16.7. The quantitative estimate of drug-likeness (QED) is 0.809. The van der Waals surface area contributed by atoms with Crippen molar-refractivity contribution in [2.24, 2.45) is 0 Å². The Morgan fingerprint density at radius 2 is 2.00 bits per heavy atom. The Labute approximate surface area is 141 Å². The van der Waals surface area contributed by atoms with Crippen LogP contribution in [0.3, 0.4) is 0 Å². The average Bonchev–Trinajstić information content (AvgIpc) is 3.19. The molecule has 4 rings (SSSR count). The van der Waals surface area contributed by atoms with Crippen LogP contribution in [0.2, 0.25) is 0 Å². The third-order valence-corrected chi connectivity index (χ3v) is 4.60. The molecule has 1 unspecified atom stereocenters. The number of aryl methyl sites for hydroxylation is 1. The number of rotatable bonds is 1. The van der Waals surface area contributed by atoms with E-state index in [1.165, 1.54) is 0 Å². The topological polar surface area (TPSA) is 46.9 Å². The van der Waals surface area contributed by atoms with Gasteiger partial charge in [-0.15, -0.1) is 0 Å². The van der Waals surface area contributed by atoms with E-state index in [-0.39, 0.29) is 18.9 Å². The van der Waals surface area contributed by atoms with Gasteiger partial charge in [0, 0.05) is 39.1 Å². The van der Waals surface area contributed by atoms with Gasteiger partial charge in [-0.1, -0.05) is 6.07 Å². The predicted molar refractivity (Wildman–Crippen MR) is 89.2 cm³/mol. The van der Waals surface area contributed by atoms with Crippen LogP contribution in [-0.2, 0) is 6.54 Å². The molecule has 2 amide bonds. The molecule has 3 heterocycles. The maximum Gasteiger partial charge on any atom is 0.320 e. The number of benzene rings is 1. The number of carbonyl (C=O) groups is 1. The summed E-state index contributed by atoms with van der Waals surface area (Å²) in [6.07, 6.45) is 3.02. The number of aromatic nitrogens is 1. The molecule has 0 fully saturated rings. The number of hydrogen-bond donors (Lipinski definition) is 0. The van der Waals surface area contributed by atoms with Gasteiger partial charge in [0.05, 0.1) is 6.04 Å². The zero-order valence-corrected chi connectivity index (χ0v) is 13.9. The molecule has 2 aliphatic heterocycles. The smallest absolute Gasteiger partial charge is 0.320 e. The summed E-state index contributed by atoms with van der Waals surface area (Å²) in [5.41, 5.74) is 2.16. The van der Waals surface area contributed by atoms with Crippen molar-refractivity contribution >= 4 is 6.03 Å². The van der Waals surface area contributed by atoms with Crippen molar-refractivity contribution < 1.29 is 14.3 Å². The van der Waals surface area contributed by atoms with E-state index in [0.29, 0.717) is 0 Å². The molecule has 6 heteroatoms. The third-order valence-electron chi connectivity index (χ3n) is 4.60. The average molecular weight is 327 g/mol. The zero-order valence-electron chi connectivity index (χ0n) is 13.9. The first kappa shape index (κ1) is 14.9. The summed E-state index contributed by atoms with van der Waals surface area (Å²) in [5, 5.41) is 0. The van der Waals surface area contributed by atoms with Crippen molar-refractivity contribution in [3.63, 3.8) is 0 Å². The van der Waals surface area contributed by atoms with E-state index in [9.17, 15) is 4.79 Å². The molecular formula is C18H21N3O3. The summed E-state index contributed by atoms with van der Waals surface area (Å²) < 4.78 is 13.2. The van der Waals surface area contributed by atoms with Crippen LogP contribution in [0.5, 0.6) is 11.5 Å². The molecule has 0 aliphatic carbocycles. The second-order valence-electron chi connectivity index (χ2n) is 6.37. The Hall–Kier alpha value is -2.63. The molecular weight excluding hydrogens is 306 g/mol. The van der Waals surface area contributed by atoms with Crippen LogP contribution in [0.1, 0.15) is 23.7 Å². The highest BCUT2D eigenvalue weighted by atomic mass is 16.7. The molecule has 126 valence electrons. The van der Waals surface area contributed by atoms with E-state index in [4.69, 9.17) is 9.47 Å². The highest BCUT2D eigenvalue weighted by Crippen LogP contribution is 2.39. The Morgan fingerprint density at radius 1 is 1.17 bits per heavy atom. The molecule has 2 aromatic rings. The molecule has 1 aromatic heterocycles. The van der Waals surface area contributed by atoms with Crippen LogP contribution in [0.4, 0.5) is 4.79 Å². The van der Waals surface area contributed by atoms with Gasteiger partial charge in [0.15, 0.2) is 11.5 Å². The van der Waals surface area contributed by atoms with E-state index in [2.05, 4.69) is 16.8 Å². The maximum absolute atomic E-state index is 12.8. The summed E-state index contributed by atoms with van der Waals surface area (Å²) in [7, 11) is 3.59. The first-order valence-corrected chi connectivity index (χ1v) is 8.17. The minimum absolute atomic E-state index is 0.0207. The number of nitrogens with zero attached hydrogens (tertiary/aromatic N) is 3. The molecule has 1 aromatic carbocycles. The van der Waals surface area contributed by atoms with Gasteiger partial charge in [0.2, 0.25) is 6.79 Å². The van der Waals surface area contributed by atoms with Crippen molar-refractivity contribution in [1.82, 2.24) is 14.4 Å². The van der Waals surface area contributed by atoms with Crippen LogP contribution >= 0.6 is 0 Å². The SMILES string of the molecule is CN(C)C(=O)N1CCCn2cccc2C1c1ccc2c(c1)OCO2. The maximum atomic E-state index is 12.8. The predicted octanol–water partition coefficient (Wildman–Crippen LogP) is 2.69. The summed E-state index contributed by atoms with van der Waals surface area (Å²) in [5.74, 6) is 1.50. The molecule has 0 saturated carbocycles. The Balaban J connectivity index is 1.82. The normalized spacial score (nSPS) is 18.9. The van der Waals surface area contributed by atoms with Gasteiger partial charge < -0.3 is 23.8 Å². The van der Waals surface area contributed by atoms with Crippen molar-refractivity contribution in [3.8, 4) is 11.5 Å². The van der Waals surface area contributed by atoms with Crippen LogP contribution in [0.15, 0.2) is 36.5 Å². The van der Waals surface area contributed by atoms with Gasteiger partial charge in [-0.2, -0.15) is 0 Å². The molecule has 2 aliphatic rings. The molecule has 0 radical (unpaired) electrons. The molecule has 6 nitrogen and oxygen atoms in total. The number of urea groups is 1. The molecule has 24 heavy (non-hydrogen) atoms. The van der Waals surface area contributed by atoms with Crippen LogP contribution in [0, 0.1) is 0 Å². The Kier molecular flexibility index (Phi) is 3.59. The van der Waals surface area contributed by atoms with E-state index < -0.39 is 0 Å². The van der Waals surface area contributed by atoms with Gasteiger partial charge >= 0.3 is 6.03 Å². The molecule has 1 atom stereocenters. The second kappa shape index (κ2) is 5.78. The summed E-state index contributed by atoms with van der Waals surface area (Å²) in [6, 6.07) is 9.96. The first-order chi connectivity index (χ1) is 11.6. The molecule has 0 saturated heterocycles. The van der Waals surface area contributed by atoms with Gasteiger partial charge in [-0.3, -0.25) is 0 Å². The largest absolute Gasteiger partial charge is 0.454 e. The van der Waals surface area contributed by atoms with Gasteiger partial charge in [-0.25, -0.2) is 4.79 Å². The summed E-state index contributed by atoms with van der Waals surface area (Å²) in [6.45, 7) is 1.89. The minimum Gasteiger partial charge on any atom is -0.454 e. The van der Waals surface area contributed by atoms with Crippen LogP contribution in [0.25, 0.3) is 0 Å². The Morgan fingerprint density at radius 3 is 2.83 bits per heavy atom. The van der Waals surface area contributed by atoms with Crippen molar-refractivity contribution in [2.75, 3.05) is 27.4 Å². The number of fused-ring (bicyclic) bond motifs is 2. The fraction of sp³-hybridized carbons (Fsp3) is 0.389. The number of hydrogen-bond acceptors (Lipinski definition) is 3. The lowest BCUT2D eigenvalue weighted by Crippen LogP contribution is -2.42. The lowest BCUT2D eigenvalue weighted by Gasteiger charge is -2.32. The molecule has 0 N–H and O–H groups in total. The van der Waals surface area contributed by atoms with Crippen molar-refractivity contribution in [1.29, 1.82) is 0 Å². The number of ether oxygens (including phenoxy) is 2. The second-order valence-corrected chi connectivity index (χ2v) is 6.37. The number of carbonyl (C=O) groups excluding carboxylic acids is 1. The fourth-order valence-corrected chi connectivity index (χ4v) is 3.48. The van der Waals surface area contributed by atoms with Crippen LogP contribution in [-0.4, -0.2) is 47.8 Å². The van der Waals surface area contributed by atoms with E-state index in [1.807, 2.05) is 29.2 Å². The van der Waals surface area contributed by atoms with Crippen LogP contribution < -0.4 is 9.47 Å². The summed E-state index contributed by atoms with van der Waals surface area (Å²) in [4.78, 5) is 16.4. The monoisotopic (exact) mass is 327 g/mol. The van der Waals surface area contributed by atoms with E-state index >= 15 is 0 Å². The van der Waals surface area contributed by atoms with Gasteiger partial charge in [0.25, 0.3) is 0 Å². The third kappa shape index (κ3) is 2.38. The lowest BCUT2D eigenvalue weighted by atomic mass is 10.0. The van der Waals surface area contributed by atoms with Gasteiger partial charge in [-0.05, 0) is 36.2 Å². The lowest BCUT2D eigenvalue weighted by molar-refractivity contribution is 0.158. The fourth-order valence-electron chi connectivity index (χ4n) is 3.48. The molecule has 0 spiro atoms. The minimum atomic E-state index is -0.133. The highest BCUT2D eigenvalue weighted by Gasteiger charge is 2.32. The van der Waals surface area contributed by atoms with Crippen molar-refractivity contribution in [3.05, 3.63) is 47.8 Å². The van der Waals surface area contributed by atoms with E-state index in [0.717, 1.165) is 42.3 Å². The Bertz CT molecular complexity index is 769. The van der Waals surface area contributed by atoms with Crippen molar-refractivity contribution in [2.45, 2.75) is 19.0 Å². The van der Waals surface area contributed by atoms with E-state index in [1.54, 1.807) is 19.0 Å². The number of amides is 2.